The number of aromatic nitrogens is 4. The minimum absolute atomic E-state index is 0.276. The van der Waals surface area contributed by atoms with Gasteiger partial charge < -0.3 is 10.1 Å². The number of hydrogen-bond acceptors (Lipinski definition) is 5. The lowest BCUT2D eigenvalue weighted by Crippen LogP contribution is -2.13. The first-order valence-corrected chi connectivity index (χ1v) is 7.98. The number of nitrogens with one attached hydrogen (secondary N) is 2. The molecule has 0 saturated heterocycles. The van der Waals surface area contributed by atoms with E-state index in [9.17, 15) is 4.79 Å². The van der Waals surface area contributed by atoms with Gasteiger partial charge in [0.2, 0.25) is 5.88 Å². The number of ether oxygens (including phenoxy) is 1. The second kappa shape index (κ2) is 7.57. The van der Waals surface area contributed by atoms with Crippen molar-refractivity contribution in [3.63, 3.8) is 0 Å². The van der Waals surface area contributed by atoms with E-state index in [1.807, 2.05) is 18.2 Å². The molecule has 0 unspecified atom stereocenters. The van der Waals surface area contributed by atoms with Crippen molar-refractivity contribution in [2.45, 2.75) is 13.8 Å². The van der Waals surface area contributed by atoms with Crippen molar-refractivity contribution in [1.29, 1.82) is 0 Å². The molecule has 0 saturated carbocycles. The first-order valence-electron chi connectivity index (χ1n) is 7.98. The Bertz CT molecular complexity index is 828. The van der Waals surface area contributed by atoms with Gasteiger partial charge >= 0.3 is 0 Å². The summed E-state index contributed by atoms with van der Waals surface area (Å²) in [6, 6.07) is 8.90. The third kappa shape index (κ3) is 4.20. The number of aromatic amines is 1. The van der Waals surface area contributed by atoms with E-state index in [4.69, 9.17) is 4.74 Å². The standard InChI is InChI=1S/C18H19N5O2/c1-12(2)11-25-16-7-6-13(9-20-16)18(24)22-15-10-21-23-17(15)14-5-3-4-8-19-14/h3-10,12H,11H2,1-2H3,(H,21,23)(H,22,24). The van der Waals surface area contributed by atoms with Crippen molar-refractivity contribution in [2.75, 3.05) is 11.9 Å². The molecule has 7 nitrogen and oxygen atoms in total. The summed E-state index contributed by atoms with van der Waals surface area (Å²) in [5, 5.41) is 9.66. The van der Waals surface area contributed by atoms with Crippen LogP contribution in [-0.4, -0.2) is 32.7 Å². The van der Waals surface area contributed by atoms with Crippen LogP contribution in [0, 0.1) is 5.92 Å². The molecule has 2 N–H and O–H groups in total. The van der Waals surface area contributed by atoms with Crippen LogP contribution in [0.4, 0.5) is 5.69 Å². The summed E-state index contributed by atoms with van der Waals surface area (Å²) in [5.74, 6) is 0.639. The highest BCUT2D eigenvalue weighted by Crippen LogP contribution is 2.23. The van der Waals surface area contributed by atoms with Crippen LogP contribution in [-0.2, 0) is 0 Å². The minimum Gasteiger partial charge on any atom is -0.477 e. The highest BCUT2D eigenvalue weighted by Gasteiger charge is 2.13. The van der Waals surface area contributed by atoms with Gasteiger partial charge in [0.05, 0.1) is 29.7 Å². The minimum atomic E-state index is -0.276. The fraction of sp³-hybridized carbons (Fsp3) is 0.222. The highest BCUT2D eigenvalue weighted by molar-refractivity contribution is 6.05. The van der Waals surface area contributed by atoms with Gasteiger partial charge in [0, 0.05) is 18.5 Å². The molecule has 128 valence electrons. The predicted molar refractivity (Wildman–Crippen MR) is 94.3 cm³/mol. The average Bonchev–Trinajstić information content (AvgIpc) is 3.09. The average molecular weight is 337 g/mol. The quantitative estimate of drug-likeness (QED) is 0.721. The third-order valence-electron chi connectivity index (χ3n) is 3.37. The highest BCUT2D eigenvalue weighted by atomic mass is 16.5. The van der Waals surface area contributed by atoms with E-state index in [1.165, 1.54) is 6.20 Å². The summed E-state index contributed by atoms with van der Waals surface area (Å²) in [6.45, 7) is 4.71. The first-order chi connectivity index (χ1) is 12.1. The summed E-state index contributed by atoms with van der Waals surface area (Å²) in [6.07, 6.45) is 4.72. The Morgan fingerprint density at radius 2 is 2.08 bits per heavy atom. The van der Waals surface area contributed by atoms with Crippen LogP contribution in [0.2, 0.25) is 0 Å². The lowest BCUT2D eigenvalue weighted by Gasteiger charge is -2.08. The zero-order chi connectivity index (χ0) is 17.6. The van der Waals surface area contributed by atoms with E-state index in [2.05, 4.69) is 39.3 Å². The van der Waals surface area contributed by atoms with E-state index in [1.54, 1.807) is 24.5 Å². The summed E-state index contributed by atoms with van der Waals surface area (Å²) < 4.78 is 5.52. The van der Waals surface area contributed by atoms with Crippen molar-refractivity contribution in [3.05, 3.63) is 54.5 Å². The van der Waals surface area contributed by atoms with Gasteiger partial charge in [-0.2, -0.15) is 5.10 Å². The maximum atomic E-state index is 12.4. The monoisotopic (exact) mass is 337 g/mol. The lowest BCUT2D eigenvalue weighted by atomic mass is 10.2. The molecule has 1 amide bonds. The zero-order valence-corrected chi connectivity index (χ0v) is 14.1. The summed E-state index contributed by atoms with van der Waals surface area (Å²) in [7, 11) is 0. The van der Waals surface area contributed by atoms with Gasteiger partial charge in [-0.25, -0.2) is 4.98 Å². The Balaban J connectivity index is 1.70. The molecule has 3 heterocycles. The maximum Gasteiger partial charge on any atom is 0.257 e. The molecule has 3 aromatic heterocycles. The van der Waals surface area contributed by atoms with Gasteiger partial charge in [-0.05, 0) is 24.1 Å². The molecule has 0 spiro atoms. The molecule has 3 rings (SSSR count). The molecule has 0 fully saturated rings. The van der Waals surface area contributed by atoms with Crippen molar-refractivity contribution in [1.82, 2.24) is 20.2 Å². The number of carbonyl (C=O) groups is 1. The molecule has 0 aromatic carbocycles. The van der Waals surface area contributed by atoms with E-state index in [0.717, 1.165) is 0 Å². The van der Waals surface area contributed by atoms with Gasteiger partial charge in [-0.1, -0.05) is 19.9 Å². The second-order valence-electron chi connectivity index (χ2n) is 5.92. The van der Waals surface area contributed by atoms with Crippen LogP contribution >= 0.6 is 0 Å². The molecule has 3 aromatic rings. The number of H-pyrrole nitrogens is 1. The number of amides is 1. The number of anilines is 1. The smallest absolute Gasteiger partial charge is 0.257 e. The van der Waals surface area contributed by atoms with Crippen LogP contribution in [0.25, 0.3) is 11.4 Å². The Hall–Kier alpha value is -3.22. The van der Waals surface area contributed by atoms with Gasteiger partial charge in [0.1, 0.15) is 5.69 Å². The van der Waals surface area contributed by atoms with E-state index in [0.29, 0.717) is 41.0 Å². The molecule has 0 atom stereocenters. The van der Waals surface area contributed by atoms with Crippen LogP contribution in [0.3, 0.4) is 0 Å². The molecular weight excluding hydrogens is 318 g/mol. The summed E-state index contributed by atoms with van der Waals surface area (Å²) in [4.78, 5) is 20.8. The Kier molecular flexibility index (Phi) is 5.03. The molecule has 0 aliphatic heterocycles. The first kappa shape index (κ1) is 16.6. The van der Waals surface area contributed by atoms with Crippen LogP contribution in [0.15, 0.2) is 48.9 Å². The van der Waals surface area contributed by atoms with Gasteiger partial charge in [0.15, 0.2) is 0 Å². The van der Waals surface area contributed by atoms with E-state index in [-0.39, 0.29) is 5.91 Å². The molecule has 0 aliphatic rings. The van der Waals surface area contributed by atoms with Crippen LogP contribution in [0.1, 0.15) is 24.2 Å². The van der Waals surface area contributed by atoms with Crippen LogP contribution in [0.5, 0.6) is 5.88 Å². The van der Waals surface area contributed by atoms with Crippen molar-refractivity contribution < 1.29 is 9.53 Å². The lowest BCUT2D eigenvalue weighted by molar-refractivity contribution is 0.102. The molecule has 25 heavy (non-hydrogen) atoms. The van der Waals surface area contributed by atoms with Crippen LogP contribution < -0.4 is 10.1 Å². The van der Waals surface area contributed by atoms with Crippen molar-refractivity contribution in [3.8, 4) is 17.3 Å². The maximum absolute atomic E-state index is 12.4. The number of nitrogens with zero attached hydrogens (tertiary/aromatic N) is 3. The third-order valence-corrected chi connectivity index (χ3v) is 3.37. The zero-order valence-electron chi connectivity index (χ0n) is 14.1. The van der Waals surface area contributed by atoms with E-state index >= 15 is 0 Å². The Morgan fingerprint density at radius 3 is 2.76 bits per heavy atom. The van der Waals surface area contributed by atoms with Gasteiger partial charge in [-0.3, -0.25) is 14.9 Å². The second-order valence-corrected chi connectivity index (χ2v) is 5.92. The SMILES string of the molecule is CC(C)COc1ccc(C(=O)Nc2cn[nH]c2-c2ccccn2)cn1. The number of hydrogen-bond donors (Lipinski definition) is 2. The number of carbonyl (C=O) groups excluding carboxylic acids is 1. The molecular formula is C18H19N5O2. The normalized spacial score (nSPS) is 10.7. The van der Waals surface area contributed by atoms with Crippen molar-refractivity contribution >= 4 is 11.6 Å². The topological polar surface area (TPSA) is 92.8 Å². The molecule has 7 heteroatoms. The molecule has 0 aliphatic carbocycles. The summed E-state index contributed by atoms with van der Waals surface area (Å²) in [5.41, 5.74) is 2.35. The van der Waals surface area contributed by atoms with Gasteiger partial charge in [-0.15, -0.1) is 0 Å². The fourth-order valence-corrected chi connectivity index (χ4v) is 2.13. The van der Waals surface area contributed by atoms with Gasteiger partial charge in [0.25, 0.3) is 5.91 Å². The van der Waals surface area contributed by atoms with Crippen molar-refractivity contribution in [2.24, 2.45) is 5.92 Å². The Morgan fingerprint density at radius 1 is 1.20 bits per heavy atom. The largest absolute Gasteiger partial charge is 0.477 e. The fourth-order valence-electron chi connectivity index (χ4n) is 2.13. The predicted octanol–water partition coefficient (Wildman–Crippen LogP) is 3.15. The number of pyridine rings is 2. The summed E-state index contributed by atoms with van der Waals surface area (Å²) >= 11 is 0. The number of rotatable bonds is 6. The molecule has 0 bridgehead atoms. The Labute approximate surface area is 145 Å². The van der Waals surface area contributed by atoms with E-state index < -0.39 is 0 Å². The molecule has 0 radical (unpaired) electrons.